The SMILES string of the molecule is CCc1ccccc1CNC(=NC)NCc1ncccc1C.I. The van der Waals surface area contributed by atoms with Gasteiger partial charge in [-0.3, -0.25) is 9.98 Å². The fourth-order valence-electron chi connectivity index (χ4n) is 2.35. The number of rotatable bonds is 5. The van der Waals surface area contributed by atoms with E-state index in [0.29, 0.717) is 6.54 Å². The van der Waals surface area contributed by atoms with Crippen LogP contribution in [0, 0.1) is 6.92 Å². The molecule has 1 heterocycles. The molecule has 2 N–H and O–H groups in total. The van der Waals surface area contributed by atoms with E-state index >= 15 is 0 Å². The third kappa shape index (κ3) is 5.82. The molecule has 0 radical (unpaired) electrons. The average molecular weight is 424 g/mol. The van der Waals surface area contributed by atoms with E-state index in [1.54, 1.807) is 7.05 Å². The summed E-state index contributed by atoms with van der Waals surface area (Å²) in [5.74, 6) is 0.788. The van der Waals surface area contributed by atoms with Crippen LogP contribution in [-0.4, -0.2) is 18.0 Å². The Bertz CT molecular complexity index is 640. The van der Waals surface area contributed by atoms with Crippen molar-refractivity contribution in [2.75, 3.05) is 7.05 Å². The largest absolute Gasteiger partial charge is 0.352 e. The minimum atomic E-state index is 0. The number of aromatic nitrogens is 1. The van der Waals surface area contributed by atoms with E-state index in [0.717, 1.165) is 24.6 Å². The van der Waals surface area contributed by atoms with Crippen LogP contribution in [0.1, 0.15) is 29.3 Å². The van der Waals surface area contributed by atoms with Crippen molar-refractivity contribution in [3.63, 3.8) is 0 Å². The standard InChI is InChI=1S/C18H24N4.HI/c1-4-15-9-5-6-10-16(15)12-21-18(19-3)22-13-17-14(2)8-7-11-20-17;/h5-11H,4,12-13H2,1-3H3,(H2,19,21,22);1H. The summed E-state index contributed by atoms with van der Waals surface area (Å²) >= 11 is 0. The number of hydrogen-bond donors (Lipinski definition) is 2. The van der Waals surface area contributed by atoms with E-state index in [-0.39, 0.29) is 24.0 Å². The van der Waals surface area contributed by atoms with E-state index in [1.807, 2.05) is 12.3 Å². The summed E-state index contributed by atoms with van der Waals surface area (Å²) in [4.78, 5) is 8.65. The summed E-state index contributed by atoms with van der Waals surface area (Å²) in [6.07, 6.45) is 2.86. The number of guanidine groups is 1. The van der Waals surface area contributed by atoms with Crippen molar-refractivity contribution in [2.24, 2.45) is 4.99 Å². The summed E-state index contributed by atoms with van der Waals surface area (Å²) in [6, 6.07) is 12.5. The average Bonchev–Trinajstić information content (AvgIpc) is 2.56. The third-order valence-corrected chi connectivity index (χ3v) is 3.71. The molecule has 1 aromatic carbocycles. The molecule has 0 aliphatic rings. The van der Waals surface area contributed by atoms with Crippen LogP contribution in [0.3, 0.4) is 0 Å². The summed E-state index contributed by atoms with van der Waals surface area (Å²) in [5, 5.41) is 6.67. The maximum absolute atomic E-state index is 4.38. The van der Waals surface area contributed by atoms with Gasteiger partial charge in [0.2, 0.25) is 0 Å². The first-order chi connectivity index (χ1) is 10.7. The van der Waals surface area contributed by atoms with Crippen LogP contribution in [0.5, 0.6) is 0 Å². The van der Waals surface area contributed by atoms with Crippen molar-refractivity contribution >= 4 is 29.9 Å². The molecule has 0 aliphatic carbocycles. The molecule has 0 spiro atoms. The van der Waals surface area contributed by atoms with E-state index < -0.39 is 0 Å². The number of halogens is 1. The number of benzene rings is 1. The fourth-order valence-corrected chi connectivity index (χ4v) is 2.35. The topological polar surface area (TPSA) is 49.3 Å². The van der Waals surface area contributed by atoms with Crippen LogP contribution < -0.4 is 10.6 Å². The third-order valence-electron chi connectivity index (χ3n) is 3.71. The van der Waals surface area contributed by atoms with E-state index in [9.17, 15) is 0 Å². The monoisotopic (exact) mass is 424 g/mol. The fraction of sp³-hybridized carbons (Fsp3) is 0.333. The Morgan fingerprint density at radius 3 is 2.39 bits per heavy atom. The number of aliphatic imine (C=N–C) groups is 1. The van der Waals surface area contributed by atoms with Gasteiger partial charge in [0.25, 0.3) is 0 Å². The highest BCUT2D eigenvalue weighted by Gasteiger charge is 2.03. The molecule has 0 saturated heterocycles. The van der Waals surface area contributed by atoms with Crippen LogP contribution in [0.15, 0.2) is 47.6 Å². The van der Waals surface area contributed by atoms with Crippen molar-refractivity contribution in [2.45, 2.75) is 33.4 Å². The second-order valence-electron chi connectivity index (χ2n) is 5.17. The van der Waals surface area contributed by atoms with Crippen molar-refractivity contribution in [3.05, 3.63) is 65.0 Å². The molecule has 0 saturated carbocycles. The number of nitrogens with one attached hydrogen (secondary N) is 2. The first-order valence-electron chi connectivity index (χ1n) is 7.66. The van der Waals surface area contributed by atoms with Gasteiger partial charge in [0, 0.05) is 19.8 Å². The molecular weight excluding hydrogens is 399 g/mol. The highest BCUT2D eigenvalue weighted by atomic mass is 127. The molecule has 0 atom stereocenters. The van der Waals surface area contributed by atoms with Gasteiger partial charge in [0.05, 0.1) is 12.2 Å². The molecule has 0 amide bonds. The molecule has 0 unspecified atom stereocenters. The molecule has 4 nitrogen and oxygen atoms in total. The number of aryl methyl sites for hydroxylation is 2. The van der Waals surface area contributed by atoms with E-state index in [2.05, 4.69) is 64.8 Å². The quantitative estimate of drug-likeness (QED) is 0.439. The van der Waals surface area contributed by atoms with Gasteiger partial charge in [-0.2, -0.15) is 0 Å². The van der Waals surface area contributed by atoms with Crippen LogP contribution in [0.2, 0.25) is 0 Å². The Balaban J connectivity index is 0.00000264. The first-order valence-corrected chi connectivity index (χ1v) is 7.66. The summed E-state index contributed by atoms with van der Waals surface area (Å²) < 4.78 is 0. The molecule has 0 fully saturated rings. The van der Waals surface area contributed by atoms with E-state index in [4.69, 9.17) is 0 Å². The predicted molar refractivity (Wildman–Crippen MR) is 107 cm³/mol. The summed E-state index contributed by atoms with van der Waals surface area (Å²) in [6.45, 7) is 5.68. The first kappa shape index (κ1) is 19.4. The summed E-state index contributed by atoms with van der Waals surface area (Å²) in [5.41, 5.74) is 4.90. The summed E-state index contributed by atoms with van der Waals surface area (Å²) in [7, 11) is 1.78. The Hall–Kier alpha value is -1.63. The van der Waals surface area contributed by atoms with Crippen LogP contribution >= 0.6 is 24.0 Å². The normalized spacial score (nSPS) is 10.8. The molecule has 5 heteroatoms. The van der Waals surface area contributed by atoms with Gasteiger partial charge in [-0.15, -0.1) is 24.0 Å². The second kappa shape index (κ2) is 10.2. The molecular formula is C18H25IN4. The van der Waals surface area contributed by atoms with Crippen molar-refractivity contribution in [1.29, 1.82) is 0 Å². The van der Waals surface area contributed by atoms with Crippen molar-refractivity contribution in [1.82, 2.24) is 15.6 Å². The van der Waals surface area contributed by atoms with Gasteiger partial charge in [0.1, 0.15) is 0 Å². The molecule has 2 aromatic rings. The van der Waals surface area contributed by atoms with Gasteiger partial charge < -0.3 is 10.6 Å². The lowest BCUT2D eigenvalue weighted by molar-refractivity contribution is 0.785. The Labute approximate surface area is 155 Å². The van der Waals surface area contributed by atoms with Gasteiger partial charge in [-0.1, -0.05) is 37.3 Å². The Kier molecular flexibility index (Phi) is 8.61. The number of nitrogens with zero attached hydrogens (tertiary/aromatic N) is 2. The van der Waals surface area contributed by atoms with Crippen molar-refractivity contribution in [3.8, 4) is 0 Å². The van der Waals surface area contributed by atoms with Gasteiger partial charge in [-0.25, -0.2) is 0 Å². The van der Waals surface area contributed by atoms with Crippen LogP contribution in [0.4, 0.5) is 0 Å². The van der Waals surface area contributed by atoms with Gasteiger partial charge >= 0.3 is 0 Å². The lowest BCUT2D eigenvalue weighted by Crippen LogP contribution is -2.36. The number of hydrogen-bond acceptors (Lipinski definition) is 2. The molecule has 1 aromatic heterocycles. The predicted octanol–water partition coefficient (Wildman–Crippen LogP) is 3.44. The molecule has 124 valence electrons. The Morgan fingerprint density at radius 2 is 1.74 bits per heavy atom. The maximum atomic E-state index is 4.38. The van der Waals surface area contributed by atoms with Crippen LogP contribution in [-0.2, 0) is 19.5 Å². The molecule has 23 heavy (non-hydrogen) atoms. The van der Waals surface area contributed by atoms with E-state index in [1.165, 1.54) is 16.7 Å². The zero-order valence-electron chi connectivity index (χ0n) is 14.0. The highest BCUT2D eigenvalue weighted by molar-refractivity contribution is 14.0. The highest BCUT2D eigenvalue weighted by Crippen LogP contribution is 2.08. The number of pyridine rings is 1. The minimum absolute atomic E-state index is 0. The molecule has 2 rings (SSSR count). The van der Waals surface area contributed by atoms with Crippen LogP contribution in [0.25, 0.3) is 0 Å². The van der Waals surface area contributed by atoms with Crippen molar-refractivity contribution < 1.29 is 0 Å². The lowest BCUT2D eigenvalue weighted by Gasteiger charge is -2.14. The zero-order chi connectivity index (χ0) is 15.8. The Morgan fingerprint density at radius 1 is 1.04 bits per heavy atom. The molecule has 0 aliphatic heterocycles. The van der Waals surface area contributed by atoms with Gasteiger partial charge in [0.15, 0.2) is 5.96 Å². The van der Waals surface area contributed by atoms with Gasteiger partial charge in [-0.05, 0) is 36.1 Å². The zero-order valence-corrected chi connectivity index (χ0v) is 16.3. The lowest BCUT2D eigenvalue weighted by atomic mass is 10.1. The minimum Gasteiger partial charge on any atom is -0.352 e. The smallest absolute Gasteiger partial charge is 0.191 e. The molecule has 0 bridgehead atoms. The maximum Gasteiger partial charge on any atom is 0.191 e. The second-order valence-corrected chi connectivity index (χ2v) is 5.17.